The van der Waals surface area contributed by atoms with Crippen molar-refractivity contribution in [2.75, 3.05) is 6.61 Å². The lowest BCUT2D eigenvalue weighted by Gasteiger charge is -2.57. The smallest absolute Gasteiger partial charge is 0.334 e. The van der Waals surface area contributed by atoms with E-state index >= 15 is 0 Å². The monoisotopic (exact) mass is 348 g/mol. The Labute approximate surface area is 148 Å². The standard InChI is InChI=1S/C20H28O5/c1-11-6-16-20(3)14(18(23)25-16)8-13(21)9-15(20)19(11,2)5-4-12-7-17(22)24-10-12/h8,11-13,15-16,21H,4-7,9-10H2,1-3H3/t11-,12+,13+,15-,16-,19+,20+/m0/s1. The fourth-order valence-corrected chi connectivity index (χ4v) is 5.98. The number of carbonyl (C=O) groups excluding carboxylic acids is 2. The quantitative estimate of drug-likeness (QED) is 0.794. The van der Waals surface area contributed by atoms with Gasteiger partial charge in [-0.3, -0.25) is 4.79 Å². The van der Waals surface area contributed by atoms with E-state index < -0.39 is 6.10 Å². The van der Waals surface area contributed by atoms with E-state index in [-0.39, 0.29) is 34.8 Å². The highest BCUT2D eigenvalue weighted by Gasteiger charge is 2.65. The third-order valence-electron chi connectivity index (χ3n) is 7.79. The molecule has 5 heteroatoms. The van der Waals surface area contributed by atoms with Crippen molar-refractivity contribution in [3.63, 3.8) is 0 Å². The molecule has 0 aromatic carbocycles. The Morgan fingerprint density at radius 1 is 1.28 bits per heavy atom. The lowest BCUT2D eigenvalue weighted by Crippen LogP contribution is -2.56. The topological polar surface area (TPSA) is 72.8 Å². The lowest BCUT2D eigenvalue weighted by molar-refractivity contribution is -0.150. The van der Waals surface area contributed by atoms with Gasteiger partial charge in [-0.05, 0) is 49.0 Å². The predicted molar refractivity (Wildman–Crippen MR) is 90.4 cm³/mol. The Kier molecular flexibility index (Phi) is 3.80. The van der Waals surface area contributed by atoms with Crippen molar-refractivity contribution in [3.8, 4) is 0 Å². The van der Waals surface area contributed by atoms with Crippen LogP contribution in [0.2, 0.25) is 0 Å². The third kappa shape index (κ3) is 2.38. The van der Waals surface area contributed by atoms with E-state index in [1.807, 2.05) is 0 Å². The minimum Gasteiger partial charge on any atom is -0.465 e. The summed E-state index contributed by atoms with van der Waals surface area (Å²) < 4.78 is 10.8. The van der Waals surface area contributed by atoms with Gasteiger partial charge in [-0.2, -0.15) is 0 Å². The zero-order valence-corrected chi connectivity index (χ0v) is 15.3. The predicted octanol–water partition coefficient (Wildman–Crippen LogP) is 2.61. The summed E-state index contributed by atoms with van der Waals surface area (Å²) in [5, 5.41) is 10.4. The summed E-state index contributed by atoms with van der Waals surface area (Å²) in [6.07, 6.45) is 5.05. The number of aliphatic hydroxyl groups excluding tert-OH is 1. The van der Waals surface area contributed by atoms with Crippen LogP contribution in [0.5, 0.6) is 0 Å². The Balaban J connectivity index is 1.63. The van der Waals surface area contributed by atoms with Crippen LogP contribution in [0.3, 0.4) is 0 Å². The molecule has 1 N–H and O–H groups in total. The van der Waals surface area contributed by atoms with Crippen molar-refractivity contribution in [2.24, 2.45) is 28.6 Å². The van der Waals surface area contributed by atoms with E-state index in [9.17, 15) is 14.7 Å². The highest BCUT2D eigenvalue weighted by molar-refractivity contribution is 5.93. The number of carbonyl (C=O) groups is 2. The van der Waals surface area contributed by atoms with E-state index in [1.165, 1.54) is 0 Å². The maximum atomic E-state index is 12.4. The van der Waals surface area contributed by atoms with Crippen LogP contribution in [0.25, 0.3) is 0 Å². The number of hydrogen-bond donors (Lipinski definition) is 1. The number of esters is 2. The molecule has 5 nitrogen and oxygen atoms in total. The molecular formula is C20H28O5. The molecule has 0 radical (unpaired) electrons. The molecule has 2 aliphatic heterocycles. The SMILES string of the molecule is C[C@H]1C[C@@H]2OC(=O)C3=C[C@@H](O)C[C@@H]([C@]1(C)CC[C@H]1COC(=O)C1)[C@@]32C. The normalized spacial score (nSPS) is 48.6. The Hall–Kier alpha value is -1.36. The van der Waals surface area contributed by atoms with Crippen molar-refractivity contribution in [1.82, 2.24) is 0 Å². The van der Waals surface area contributed by atoms with Crippen LogP contribution in [0, 0.1) is 28.6 Å². The van der Waals surface area contributed by atoms with Gasteiger partial charge in [-0.1, -0.05) is 20.8 Å². The summed E-state index contributed by atoms with van der Waals surface area (Å²) in [5.74, 6) is 0.556. The van der Waals surface area contributed by atoms with Crippen LogP contribution in [-0.4, -0.2) is 35.9 Å². The van der Waals surface area contributed by atoms with Crippen molar-refractivity contribution < 1.29 is 24.2 Å². The van der Waals surface area contributed by atoms with Gasteiger partial charge >= 0.3 is 11.9 Å². The molecule has 1 saturated carbocycles. The van der Waals surface area contributed by atoms with Gasteiger partial charge in [0.15, 0.2) is 0 Å². The molecule has 7 atom stereocenters. The molecule has 2 heterocycles. The second-order valence-electron chi connectivity index (χ2n) is 9.05. The number of aliphatic hydroxyl groups is 1. The van der Waals surface area contributed by atoms with Gasteiger partial charge in [0.25, 0.3) is 0 Å². The van der Waals surface area contributed by atoms with E-state index in [4.69, 9.17) is 9.47 Å². The van der Waals surface area contributed by atoms with Crippen LogP contribution in [-0.2, 0) is 19.1 Å². The Morgan fingerprint density at radius 2 is 2.04 bits per heavy atom. The fraction of sp³-hybridized carbons (Fsp3) is 0.800. The van der Waals surface area contributed by atoms with Crippen LogP contribution in [0.4, 0.5) is 0 Å². The van der Waals surface area contributed by atoms with E-state index in [0.717, 1.165) is 19.3 Å². The zero-order chi connectivity index (χ0) is 18.0. The molecule has 0 unspecified atom stereocenters. The van der Waals surface area contributed by atoms with Gasteiger partial charge < -0.3 is 14.6 Å². The van der Waals surface area contributed by atoms with Crippen molar-refractivity contribution in [3.05, 3.63) is 11.6 Å². The molecule has 0 bridgehead atoms. The maximum Gasteiger partial charge on any atom is 0.334 e. The van der Waals surface area contributed by atoms with Gasteiger partial charge in [-0.15, -0.1) is 0 Å². The van der Waals surface area contributed by atoms with Crippen LogP contribution < -0.4 is 0 Å². The number of hydrogen-bond acceptors (Lipinski definition) is 5. The fourth-order valence-electron chi connectivity index (χ4n) is 5.98. The molecule has 0 aromatic rings. The summed E-state index contributed by atoms with van der Waals surface area (Å²) in [6.45, 7) is 7.23. The van der Waals surface area contributed by atoms with Crippen molar-refractivity contribution in [1.29, 1.82) is 0 Å². The molecule has 4 rings (SSSR count). The second kappa shape index (κ2) is 5.57. The molecule has 2 saturated heterocycles. The first-order valence-electron chi connectivity index (χ1n) is 9.52. The van der Waals surface area contributed by atoms with Gasteiger partial charge in [0.2, 0.25) is 0 Å². The Morgan fingerprint density at radius 3 is 2.72 bits per heavy atom. The van der Waals surface area contributed by atoms with Crippen molar-refractivity contribution >= 4 is 11.9 Å². The zero-order valence-electron chi connectivity index (χ0n) is 15.3. The highest BCUT2D eigenvalue weighted by Crippen LogP contribution is 2.65. The maximum absolute atomic E-state index is 12.4. The lowest BCUT2D eigenvalue weighted by atomic mass is 9.46. The van der Waals surface area contributed by atoms with Crippen LogP contribution in [0.1, 0.15) is 52.9 Å². The molecule has 25 heavy (non-hydrogen) atoms. The first-order valence-corrected chi connectivity index (χ1v) is 9.52. The van der Waals surface area contributed by atoms with Gasteiger partial charge in [0, 0.05) is 16.9 Å². The summed E-state index contributed by atoms with van der Waals surface area (Å²) in [5.41, 5.74) is 0.379. The molecule has 4 aliphatic rings. The summed E-state index contributed by atoms with van der Waals surface area (Å²) >= 11 is 0. The van der Waals surface area contributed by atoms with Crippen LogP contribution >= 0.6 is 0 Å². The minimum atomic E-state index is -0.583. The van der Waals surface area contributed by atoms with Gasteiger partial charge in [-0.25, -0.2) is 4.79 Å². The summed E-state index contributed by atoms with van der Waals surface area (Å²) in [4.78, 5) is 23.8. The third-order valence-corrected chi connectivity index (χ3v) is 7.79. The highest BCUT2D eigenvalue weighted by atomic mass is 16.6. The summed E-state index contributed by atoms with van der Waals surface area (Å²) in [7, 11) is 0. The molecule has 138 valence electrons. The molecule has 2 aliphatic carbocycles. The minimum absolute atomic E-state index is 0.00532. The molecule has 3 fully saturated rings. The molecule has 0 spiro atoms. The first-order chi connectivity index (χ1) is 11.7. The Bertz CT molecular complexity index is 640. The second-order valence-corrected chi connectivity index (χ2v) is 9.05. The van der Waals surface area contributed by atoms with Gasteiger partial charge in [0.1, 0.15) is 6.10 Å². The largest absolute Gasteiger partial charge is 0.465 e. The average Bonchev–Trinajstić information content (AvgIpc) is 3.07. The van der Waals surface area contributed by atoms with E-state index in [2.05, 4.69) is 20.8 Å². The van der Waals surface area contributed by atoms with Crippen LogP contribution in [0.15, 0.2) is 11.6 Å². The number of rotatable bonds is 3. The van der Waals surface area contributed by atoms with Gasteiger partial charge in [0.05, 0.1) is 19.1 Å². The summed E-state index contributed by atoms with van der Waals surface area (Å²) in [6, 6.07) is 0. The number of cyclic esters (lactones) is 1. The number of ether oxygens (including phenoxy) is 2. The van der Waals surface area contributed by atoms with E-state index in [0.29, 0.717) is 36.9 Å². The molecule has 0 amide bonds. The molecule has 0 aromatic heterocycles. The average molecular weight is 348 g/mol. The molecular weight excluding hydrogens is 320 g/mol. The first kappa shape index (κ1) is 17.1. The van der Waals surface area contributed by atoms with Crippen molar-refractivity contribution in [2.45, 2.75) is 65.1 Å². The van der Waals surface area contributed by atoms with E-state index in [1.54, 1.807) is 6.08 Å².